The largest absolute Gasteiger partial charge is 0.497 e. The van der Waals surface area contributed by atoms with Crippen molar-refractivity contribution in [2.45, 2.75) is 43.3 Å². The Bertz CT molecular complexity index is 1250. The number of esters is 1. The molecule has 0 spiro atoms. The van der Waals surface area contributed by atoms with Gasteiger partial charge in [-0.1, -0.05) is 48.5 Å². The van der Waals surface area contributed by atoms with E-state index in [1.54, 1.807) is 7.11 Å². The van der Waals surface area contributed by atoms with Crippen molar-refractivity contribution in [2.75, 3.05) is 7.11 Å². The molecule has 0 bridgehead atoms. The first kappa shape index (κ1) is 21.0. The van der Waals surface area contributed by atoms with Crippen LogP contribution in [0.2, 0.25) is 0 Å². The van der Waals surface area contributed by atoms with Gasteiger partial charge in [0.2, 0.25) is 0 Å². The Hall–Kier alpha value is -3.53. The Balaban J connectivity index is 1.28. The predicted octanol–water partition coefficient (Wildman–Crippen LogP) is 6.13. The van der Waals surface area contributed by atoms with Gasteiger partial charge in [-0.3, -0.25) is 0 Å². The number of aryl methyl sites for hydroxylation is 1. The molecule has 3 aromatic rings. The van der Waals surface area contributed by atoms with E-state index in [4.69, 9.17) is 14.2 Å². The zero-order chi connectivity index (χ0) is 23.3. The van der Waals surface area contributed by atoms with Crippen LogP contribution in [0, 0.1) is 5.92 Å². The van der Waals surface area contributed by atoms with Gasteiger partial charge in [-0.15, -0.1) is 6.58 Å². The lowest BCUT2D eigenvalue weighted by Gasteiger charge is -2.48. The Labute approximate surface area is 200 Å². The van der Waals surface area contributed by atoms with E-state index >= 15 is 0 Å². The molecule has 3 aliphatic rings. The van der Waals surface area contributed by atoms with Gasteiger partial charge in [-0.25, -0.2) is 4.79 Å². The molecule has 0 radical (unpaired) electrons. The first-order chi connectivity index (χ1) is 16.6. The molecule has 4 atom stereocenters. The van der Waals surface area contributed by atoms with E-state index < -0.39 is 0 Å². The van der Waals surface area contributed by atoms with Crippen molar-refractivity contribution in [1.82, 2.24) is 0 Å². The lowest BCUT2D eigenvalue weighted by molar-refractivity contribution is -0.0559. The highest BCUT2D eigenvalue weighted by Crippen LogP contribution is 2.59. The minimum atomic E-state index is -0.333. The van der Waals surface area contributed by atoms with Crippen molar-refractivity contribution in [3.8, 4) is 22.6 Å². The van der Waals surface area contributed by atoms with Crippen molar-refractivity contribution in [3.63, 3.8) is 0 Å². The van der Waals surface area contributed by atoms with Crippen molar-refractivity contribution >= 4 is 5.97 Å². The molecule has 172 valence electrons. The number of carbonyl (C=O) groups excluding carboxylic acids is 1. The van der Waals surface area contributed by atoms with Crippen LogP contribution in [0.5, 0.6) is 11.5 Å². The molecule has 3 aromatic carbocycles. The number of benzene rings is 3. The van der Waals surface area contributed by atoms with Crippen molar-refractivity contribution < 1.29 is 19.0 Å². The van der Waals surface area contributed by atoms with Crippen LogP contribution in [0.3, 0.4) is 0 Å². The SMILES string of the molecule is C=C[C@]12c3c4cc(OC)cc3O[C@H]1[C@@H](OC(=O)c1ccc(-c3ccccc3)cc1)CC[C@@H]2CC4. The first-order valence-corrected chi connectivity index (χ1v) is 12.0. The smallest absolute Gasteiger partial charge is 0.338 e. The Morgan fingerprint density at radius 3 is 2.53 bits per heavy atom. The molecule has 0 saturated heterocycles. The van der Waals surface area contributed by atoms with Crippen molar-refractivity contribution in [1.29, 1.82) is 0 Å². The van der Waals surface area contributed by atoms with Crippen LogP contribution >= 0.6 is 0 Å². The highest BCUT2D eigenvalue weighted by Gasteiger charge is 2.60. The fraction of sp³-hybridized carbons (Fsp3) is 0.300. The summed E-state index contributed by atoms with van der Waals surface area (Å²) in [6.07, 6.45) is 5.32. The van der Waals surface area contributed by atoms with E-state index in [1.165, 1.54) is 11.1 Å². The summed E-state index contributed by atoms with van der Waals surface area (Å²) in [5, 5.41) is 0. The second-order valence-corrected chi connectivity index (χ2v) is 9.54. The maximum Gasteiger partial charge on any atom is 0.338 e. The number of ether oxygens (including phenoxy) is 3. The van der Waals surface area contributed by atoms with E-state index in [0.717, 1.165) is 48.3 Å². The third-order valence-electron chi connectivity index (χ3n) is 7.95. The Kier molecular flexibility index (Phi) is 4.98. The molecule has 0 aromatic heterocycles. The second kappa shape index (κ2) is 8.05. The van der Waals surface area contributed by atoms with Crippen LogP contribution in [0.4, 0.5) is 0 Å². The molecule has 0 amide bonds. The monoisotopic (exact) mass is 452 g/mol. The fourth-order valence-electron chi connectivity index (χ4n) is 6.35. The molecular formula is C30H28O4. The zero-order valence-corrected chi connectivity index (χ0v) is 19.3. The summed E-state index contributed by atoms with van der Waals surface area (Å²) in [6.45, 7) is 4.24. The quantitative estimate of drug-likeness (QED) is 0.345. The number of hydrogen-bond acceptors (Lipinski definition) is 4. The molecule has 34 heavy (non-hydrogen) atoms. The van der Waals surface area contributed by atoms with Crippen molar-refractivity contribution in [2.24, 2.45) is 5.92 Å². The molecule has 4 nitrogen and oxygen atoms in total. The van der Waals surface area contributed by atoms with Gasteiger partial charge in [-0.05, 0) is 66.5 Å². The van der Waals surface area contributed by atoms with Gasteiger partial charge in [0, 0.05) is 11.6 Å². The molecule has 0 unspecified atom stereocenters. The summed E-state index contributed by atoms with van der Waals surface area (Å²) in [6, 6.07) is 21.8. The summed E-state index contributed by atoms with van der Waals surface area (Å²) in [5.74, 6) is 1.78. The Morgan fingerprint density at radius 1 is 1.03 bits per heavy atom. The molecule has 1 aliphatic heterocycles. The summed E-state index contributed by atoms with van der Waals surface area (Å²) in [7, 11) is 1.68. The standard InChI is InChI=1S/C30H28O4/c1-3-30-23-14-13-22-17-24(32-2)18-26(27(22)30)33-28(30)25(16-15-23)34-29(31)21-11-9-20(10-12-21)19-7-5-4-6-8-19/h3-12,17-18,23,25,28H,1,13-16H2,2H3/t23-,25-,28-,30-/m0/s1. The predicted molar refractivity (Wildman–Crippen MR) is 131 cm³/mol. The maximum absolute atomic E-state index is 13.2. The van der Waals surface area contributed by atoms with Crippen LogP contribution in [0.15, 0.2) is 79.4 Å². The van der Waals surface area contributed by atoms with E-state index in [1.807, 2.05) is 48.5 Å². The average molecular weight is 453 g/mol. The second-order valence-electron chi connectivity index (χ2n) is 9.54. The summed E-state index contributed by atoms with van der Waals surface area (Å²) >= 11 is 0. The number of carbonyl (C=O) groups is 1. The number of hydrogen-bond donors (Lipinski definition) is 0. The fourth-order valence-corrected chi connectivity index (χ4v) is 6.35. The minimum Gasteiger partial charge on any atom is -0.497 e. The van der Waals surface area contributed by atoms with Gasteiger partial charge in [0.25, 0.3) is 0 Å². The van der Waals surface area contributed by atoms with Gasteiger partial charge in [0.05, 0.1) is 18.1 Å². The average Bonchev–Trinajstić information content (AvgIpc) is 3.25. The normalized spacial score (nSPS) is 26.2. The van der Waals surface area contributed by atoms with Gasteiger partial charge in [-0.2, -0.15) is 0 Å². The van der Waals surface area contributed by atoms with Crippen molar-refractivity contribution in [3.05, 3.63) is 96.1 Å². The first-order valence-electron chi connectivity index (χ1n) is 12.0. The van der Waals surface area contributed by atoms with Gasteiger partial charge in [0.1, 0.15) is 23.7 Å². The summed E-state index contributed by atoms with van der Waals surface area (Å²) in [5.41, 5.74) is 4.90. The molecule has 1 heterocycles. The molecule has 1 saturated carbocycles. The molecule has 4 heteroatoms. The summed E-state index contributed by atoms with van der Waals surface area (Å²) in [4.78, 5) is 13.2. The van der Waals surface area contributed by atoms with E-state index in [0.29, 0.717) is 11.5 Å². The van der Waals surface area contributed by atoms with Crippen LogP contribution in [-0.4, -0.2) is 25.3 Å². The third-order valence-corrected chi connectivity index (χ3v) is 7.95. The van der Waals surface area contributed by atoms with Gasteiger partial charge >= 0.3 is 5.97 Å². The molecular weight excluding hydrogens is 424 g/mol. The molecule has 0 N–H and O–H groups in total. The summed E-state index contributed by atoms with van der Waals surface area (Å²) < 4.78 is 18.2. The maximum atomic E-state index is 13.2. The van der Waals surface area contributed by atoms with Crippen LogP contribution in [0.25, 0.3) is 11.1 Å². The lowest BCUT2D eigenvalue weighted by atomic mass is 9.56. The topological polar surface area (TPSA) is 44.8 Å². The third kappa shape index (κ3) is 3.08. The lowest BCUT2D eigenvalue weighted by Crippen LogP contribution is -2.55. The molecule has 6 rings (SSSR count). The van der Waals surface area contributed by atoms with Crippen LogP contribution in [0.1, 0.15) is 40.7 Å². The molecule has 2 aliphatic carbocycles. The highest BCUT2D eigenvalue weighted by atomic mass is 16.6. The van der Waals surface area contributed by atoms with E-state index in [9.17, 15) is 4.79 Å². The Morgan fingerprint density at radius 2 is 1.79 bits per heavy atom. The van der Waals surface area contributed by atoms with E-state index in [2.05, 4.69) is 30.9 Å². The van der Waals surface area contributed by atoms with E-state index in [-0.39, 0.29) is 23.6 Å². The van der Waals surface area contributed by atoms with Gasteiger partial charge < -0.3 is 14.2 Å². The van der Waals surface area contributed by atoms with Crippen LogP contribution in [-0.2, 0) is 16.6 Å². The highest BCUT2D eigenvalue weighted by molar-refractivity contribution is 5.90. The zero-order valence-electron chi connectivity index (χ0n) is 19.3. The van der Waals surface area contributed by atoms with Gasteiger partial charge in [0.15, 0.2) is 0 Å². The van der Waals surface area contributed by atoms with Crippen LogP contribution < -0.4 is 9.47 Å². The minimum absolute atomic E-state index is 0.266. The number of methoxy groups -OCH3 is 1. The molecule has 1 fully saturated rings. The number of rotatable bonds is 5.